The molecule has 2 aromatic rings. The van der Waals surface area contributed by atoms with Crippen molar-refractivity contribution in [1.82, 2.24) is 19.6 Å². The predicted molar refractivity (Wildman–Crippen MR) is 99.7 cm³/mol. The van der Waals surface area contributed by atoms with Crippen LogP contribution in [0.25, 0.3) is 0 Å². The van der Waals surface area contributed by atoms with Crippen LogP contribution in [0.15, 0.2) is 36.7 Å². The predicted octanol–water partition coefficient (Wildman–Crippen LogP) is 2.40. The SMILES string of the molecule is CCN1C[C@@H](CN(C)C(=O)Nc2cnn(Cc3ccccc3F)c2)CC1=O. The van der Waals surface area contributed by atoms with Crippen LogP contribution in [0.5, 0.6) is 0 Å². The van der Waals surface area contributed by atoms with Crippen LogP contribution < -0.4 is 5.32 Å². The standard InChI is InChI=1S/C19H24FN5O2/c1-3-24-11-14(8-18(24)26)10-23(2)19(27)22-16-9-21-25(13-16)12-15-6-4-5-7-17(15)20/h4-7,9,13-14H,3,8,10-12H2,1-2H3,(H,22,27)/t14-/m1/s1. The lowest BCUT2D eigenvalue weighted by molar-refractivity contribution is -0.127. The molecule has 1 aliphatic rings. The molecule has 1 N–H and O–H groups in total. The highest BCUT2D eigenvalue weighted by Gasteiger charge is 2.30. The Morgan fingerprint density at radius 1 is 1.41 bits per heavy atom. The van der Waals surface area contributed by atoms with E-state index < -0.39 is 0 Å². The van der Waals surface area contributed by atoms with Crippen LogP contribution in [-0.4, -0.2) is 58.2 Å². The third kappa shape index (κ3) is 4.64. The fraction of sp³-hybridized carbons (Fsp3) is 0.421. The second-order valence-corrected chi connectivity index (χ2v) is 6.83. The summed E-state index contributed by atoms with van der Waals surface area (Å²) in [6.07, 6.45) is 3.67. The maximum atomic E-state index is 13.7. The minimum absolute atomic E-state index is 0.144. The van der Waals surface area contributed by atoms with Gasteiger partial charge in [-0.05, 0) is 13.0 Å². The molecule has 2 heterocycles. The molecule has 27 heavy (non-hydrogen) atoms. The molecule has 1 aliphatic heterocycles. The average Bonchev–Trinajstić information content (AvgIpc) is 3.22. The van der Waals surface area contributed by atoms with E-state index in [9.17, 15) is 14.0 Å². The van der Waals surface area contributed by atoms with Crippen molar-refractivity contribution in [3.05, 3.63) is 48.0 Å². The average molecular weight is 373 g/mol. The number of nitrogens with zero attached hydrogens (tertiary/aromatic N) is 4. The fourth-order valence-corrected chi connectivity index (χ4v) is 3.29. The molecule has 0 saturated carbocycles. The number of anilines is 1. The summed E-state index contributed by atoms with van der Waals surface area (Å²) in [6.45, 7) is 4.14. The first-order valence-corrected chi connectivity index (χ1v) is 9.02. The second kappa shape index (κ2) is 8.20. The van der Waals surface area contributed by atoms with Crippen LogP contribution >= 0.6 is 0 Å². The van der Waals surface area contributed by atoms with Crippen LogP contribution in [-0.2, 0) is 11.3 Å². The van der Waals surface area contributed by atoms with E-state index in [2.05, 4.69) is 10.4 Å². The van der Waals surface area contributed by atoms with E-state index in [1.54, 1.807) is 41.0 Å². The molecule has 0 spiro atoms. The van der Waals surface area contributed by atoms with E-state index in [1.165, 1.54) is 12.3 Å². The molecule has 8 heteroatoms. The van der Waals surface area contributed by atoms with Crippen molar-refractivity contribution in [1.29, 1.82) is 0 Å². The van der Waals surface area contributed by atoms with Gasteiger partial charge in [0.15, 0.2) is 0 Å². The molecule has 0 unspecified atom stereocenters. The Bertz CT molecular complexity index is 822. The Morgan fingerprint density at radius 2 is 2.19 bits per heavy atom. The number of rotatable bonds is 6. The second-order valence-electron chi connectivity index (χ2n) is 6.83. The van der Waals surface area contributed by atoms with Gasteiger partial charge in [0.1, 0.15) is 5.82 Å². The molecular weight excluding hydrogens is 349 g/mol. The monoisotopic (exact) mass is 373 g/mol. The summed E-state index contributed by atoms with van der Waals surface area (Å²) in [4.78, 5) is 27.6. The molecule has 1 atom stereocenters. The molecule has 1 aromatic carbocycles. The van der Waals surface area contributed by atoms with Gasteiger partial charge in [-0.3, -0.25) is 9.48 Å². The lowest BCUT2D eigenvalue weighted by Crippen LogP contribution is -2.36. The third-order valence-electron chi connectivity index (χ3n) is 4.73. The highest BCUT2D eigenvalue weighted by Crippen LogP contribution is 2.18. The number of aromatic nitrogens is 2. The quantitative estimate of drug-likeness (QED) is 0.845. The van der Waals surface area contributed by atoms with Crippen LogP contribution in [0.3, 0.4) is 0 Å². The van der Waals surface area contributed by atoms with E-state index in [4.69, 9.17) is 0 Å². The van der Waals surface area contributed by atoms with Crippen LogP contribution in [0.4, 0.5) is 14.9 Å². The molecular formula is C19H24FN5O2. The fourth-order valence-electron chi connectivity index (χ4n) is 3.29. The van der Waals surface area contributed by atoms with E-state index in [0.29, 0.717) is 37.3 Å². The summed E-state index contributed by atoms with van der Waals surface area (Å²) < 4.78 is 15.3. The van der Waals surface area contributed by atoms with Crippen LogP contribution in [0, 0.1) is 11.7 Å². The van der Waals surface area contributed by atoms with Gasteiger partial charge in [0, 0.05) is 50.8 Å². The molecule has 1 saturated heterocycles. The van der Waals surface area contributed by atoms with Crippen molar-refractivity contribution in [3.63, 3.8) is 0 Å². The molecule has 1 fully saturated rings. The zero-order valence-electron chi connectivity index (χ0n) is 15.6. The largest absolute Gasteiger partial charge is 0.343 e. The molecule has 3 rings (SSSR count). The smallest absolute Gasteiger partial charge is 0.321 e. The lowest BCUT2D eigenvalue weighted by atomic mass is 10.1. The molecule has 144 valence electrons. The number of amides is 3. The highest BCUT2D eigenvalue weighted by molar-refractivity contribution is 5.89. The first kappa shape index (κ1) is 18.9. The van der Waals surface area contributed by atoms with Gasteiger partial charge in [-0.25, -0.2) is 9.18 Å². The number of nitrogens with one attached hydrogen (secondary N) is 1. The maximum Gasteiger partial charge on any atom is 0.321 e. The van der Waals surface area contributed by atoms with Crippen molar-refractivity contribution >= 4 is 17.6 Å². The first-order chi connectivity index (χ1) is 13.0. The maximum absolute atomic E-state index is 13.7. The topological polar surface area (TPSA) is 70.5 Å². The molecule has 7 nitrogen and oxygen atoms in total. The number of benzene rings is 1. The summed E-state index contributed by atoms with van der Waals surface area (Å²) in [6, 6.07) is 6.26. The van der Waals surface area contributed by atoms with Crippen molar-refractivity contribution in [2.75, 3.05) is 32.0 Å². The van der Waals surface area contributed by atoms with E-state index in [-0.39, 0.29) is 30.2 Å². The third-order valence-corrected chi connectivity index (χ3v) is 4.73. The summed E-state index contributed by atoms with van der Waals surface area (Å²) in [5.41, 5.74) is 1.07. The Kier molecular flexibility index (Phi) is 5.73. The summed E-state index contributed by atoms with van der Waals surface area (Å²) in [5, 5.41) is 6.95. The van der Waals surface area contributed by atoms with Crippen molar-refractivity contribution in [3.8, 4) is 0 Å². The van der Waals surface area contributed by atoms with Crippen LogP contribution in [0.2, 0.25) is 0 Å². The molecule has 0 radical (unpaired) electrons. The molecule has 3 amide bonds. The molecule has 1 aromatic heterocycles. The highest BCUT2D eigenvalue weighted by atomic mass is 19.1. The van der Waals surface area contributed by atoms with Gasteiger partial charge in [-0.2, -0.15) is 5.10 Å². The minimum atomic E-state index is -0.287. The number of urea groups is 1. The number of carbonyl (C=O) groups excluding carboxylic acids is 2. The number of carbonyl (C=O) groups is 2. The van der Waals surface area contributed by atoms with Crippen LogP contribution in [0.1, 0.15) is 18.9 Å². The number of hydrogen-bond donors (Lipinski definition) is 1. The van der Waals surface area contributed by atoms with Gasteiger partial charge in [0.2, 0.25) is 5.91 Å². The van der Waals surface area contributed by atoms with Gasteiger partial charge < -0.3 is 15.1 Å². The van der Waals surface area contributed by atoms with Crippen molar-refractivity contribution < 1.29 is 14.0 Å². The van der Waals surface area contributed by atoms with Crippen molar-refractivity contribution in [2.45, 2.75) is 19.9 Å². The Balaban J connectivity index is 1.53. The summed E-state index contributed by atoms with van der Waals surface area (Å²) in [7, 11) is 1.71. The minimum Gasteiger partial charge on any atom is -0.343 e. The Labute approximate surface area is 157 Å². The Hall–Kier alpha value is -2.90. The van der Waals surface area contributed by atoms with E-state index in [1.807, 2.05) is 11.8 Å². The van der Waals surface area contributed by atoms with Gasteiger partial charge in [0.25, 0.3) is 0 Å². The first-order valence-electron chi connectivity index (χ1n) is 9.02. The summed E-state index contributed by atoms with van der Waals surface area (Å²) >= 11 is 0. The zero-order valence-corrected chi connectivity index (χ0v) is 15.6. The number of halogens is 1. The van der Waals surface area contributed by atoms with Crippen molar-refractivity contribution in [2.24, 2.45) is 5.92 Å². The van der Waals surface area contributed by atoms with Gasteiger partial charge in [-0.15, -0.1) is 0 Å². The molecule has 0 bridgehead atoms. The van der Waals surface area contributed by atoms with Gasteiger partial charge >= 0.3 is 6.03 Å². The zero-order chi connectivity index (χ0) is 19.4. The number of hydrogen-bond acceptors (Lipinski definition) is 3. The van der Waals surface area contributed by atoms with E-state index >= 15 is 0 Å². The Morgan fingerprint density at radius 3 is 2.89 bits per heavy atom. The number of likely N-dealkylation sites (tertiary alicyclic amines) is 1. The normalized spacial score (nSPS) is 16.6. The summed E-state index contributed by atoms with van der Waals surface area (Å²) in [5.74, 6) is 0.00765. The molecule has 0 aliphatic carbocycles. The van der Waals surface area contributed by atoms with Gasteiger partial charge in [-0.1, -0.05) is 18.2 Å². The van der Waals surface area contributed by atoms with E-state index in [0.717, 1.165) is 0 Å². The van der Waals surface area contributed by atoms with Gasteiger partial charge in [0.05, 0.1) is 18.4 Å². The lowest BCUT2D eigenvalue weighted by Gasteiger charge is -2.21.